The van der Waals surface area contributed by atoms with Gasteiger partial charge in [0.25, 0.3) is 0 Å². The minimum Gasteiger partial charge on any atom is -0.383 e. The number of nitrogens with zero attached hydrogens (tertiary/aromatic N) is 1. The summed E-state index contributed by atoms with van der Waals surface area (Å²) in [5.74, 6) is -0.341. The molecule has 0 aliphatic carbocycles. The molecule has 0 aliphatic heterocycles. The molecule has 2 aromatic rings. The van der Waals surface area contributed by atoms with E-state index in [0.29, 0.717) is 29.4 Å². The minimum atomic E-state index is -3.22. The molecule has 6 heteroatoms. The fourth-order valence-corrected chi connectivity index (χ4v) is 4.27. The Kier molecular flexibility index (Phi) is 4.94. The number of anilines is 1. The third-order valence-corrected chi connectivity index (χ3v) is 6.87. The summed E-state index contributed by atoms with van der Waals surface area (Å²) in [5.41, 5.74) is 2.19. The van der Waals surface area contributed by atoms with Gasteiger partial charge in [-0.3, -0.25) is 4.98 Å². The van der Waals surface area contributed by atoms with Crippen LogP contribution in [-0.4, -0.2) is 30.9 Å². The molecule has 1 heterocycles. The van der Waals surface area contributed by atoms with Gasteiger partial charge in [-0.05, 0) is 44.0 Å². The van der Waals surface area contributed by atoms with Crippen LogP contribution in [0.3, 0.4) is 0 Å². The summed E-state index contributed by atoms with van der Waals surface area (Å²) >= 11 is 0. The zero-order valence-corrected chi connectivity index (χ0v) is 14.8. The number of aryl methyl sites for hydroxylation is 1. The van der Waals surface area contributed by atoms with E-state index < -0.39 is 14.6 Å². The van der Waals surface area contributed by atoms with Crippen LogP contribution in [0.25, 0.3) is 10.9 Å². The van der Waals surface area contributed by atoms with Crippen molar-refractivity contribution >= 4 is 26.4 Å². The van der Waals surface area contributed by atoms with Gasteiger partial charge >= 0.3 is 0 Å². The van der Waals surface area contributed by atoms with Crippen LogP contribution in [0.5, 0.6) is 0 Å². The van der Waals surface area contributed by atoms with E-state index in [-0.39, 0.29) is 12.4 Å². The SMILES string of the molecule is CCC(CC)(CNc1cc(C)nc2ccc(F)cc12)S(C)(=O)=O. The molecule has 23 heavy (non-hydrogen) atoms. The first kappa shape index (κ1) is 17.7. The van der Waals surface area contributed by atoms with Gasteiger partial charge in [-0.1, -0.05) is 13.8 Å². The Balaban J connectivity index is 2.44. The van der Waals surface area contributed by atoms with Crippen molar-refractivity contribution in [3.8, 4) is 0 Å². The second-order valence-electron chi connectivity index (χ2n) is 5.99. The predicted molar refractivity (Wildman–Crippen MR) is 93.1 cm³/mol. The molecule has 0 saturated heterocycles. The number of sulfone groups is 1. The highest BCUT2D eigenvalue weighted by Crippen LogP contribution is 2.29. The molecule has 0 unspecified atom stereocenters. The molecular weight excluding hydrogens is 315 g/mol. The number of fused-ring (bicyclic) bond motifs is 1. The topological polar surface area (TPSA) is 59.1 Å². The maximum absolute atomic E-state index is 13.6. The molecule has 0 spiro atoms. The van der Waals surface area contributed by atoms with Gasteiger partial charge in [0, 0.05) is 29.6 Å². The van der Waals surface area contributed by atoms with Gasteiger partial charge in [-0.25, -0.2) is 12.8 Å². The van der Waals surface area contributed by atoms with E-state index in [2.05, 4.69) is 10.3 Å². The van der Waals surface area contributed by atoms with Crippen LogP contribution in [0.2, 0.25) is 0 Å². The van der Waals surface area contributed by atoms with Crippen LogP contribution in [-0.2, 0) is 9.84 Å². The van der Waals surface area contributed by atoms with Crippen molar-refractivity contribution in [1.82, 2.24) is 4.98 Å². The normalized spacial score (nSPS) is 12.6. The number of aromatic nitrogens is 1. The molecule has 0 aliphatic rings. The average molecular weight is 338 g/mol. The van der Waals surface area contributed by atoms with E-state index in [1.54, 1.807) is 6.07 Å². The van der Waals surface area contributed by atoms with Crippen molar-refractivity contribution in [2.24, 2.45) is 0 Å². The Hall–Kier alpha value is -1.69. The lowest BCUT2D eigenvalue weighted by Crippen LogP contribution is -2.43. The monoisotopic (exact) mass is 338 g/mol. The third-order valence-electron chi connectivity index (χ3n) is 4.58. The number of pyridine rings is 1. The Bertz CT molecular complexity index is 815. The molecule has 126 valence electrons. The maximum atomic E-state index is 13.6. The van der Waals surface area contributed by atoms with Gasteiger partial charge in [-0.2, -0.15) is 0 Å². The molecule has 0 saturated carbocycles. The van der Waals surface area contributed by atoms with Crippen molar-refractivity contribution in [2.75, 3.05) is 18.1 Å². The molecule has 0 amide bonds. The van der Waals surface area contributed by atoms with Gasteiger partial charge in [0.2, 0.25) is 0 Å². The molecule has 1 aromatic heterocycles. The minimum absolute atomic E-state index is 0.286. The quantitative estimate of drug-likeness (QED) is 0.872. The highest BCUT2D eigenvalue weighted by atomic mass is 32.2. The lowest BCUT2D eigenvalue weighted by molar-refractivity contribution is 0.499. The number of benzene rings is 1. The summed E-state index contributed by atoms with van der Waals surface area (Å²) in [6.07, 6.45) is 2.31. The van der Waals surface area contributed by atoms with E-state index in [0.717, 1.165) is 5.69 Å². The molecule has 0 radical (unpaired) electrons. The van der Waals surface area contributed by atoms with Crippen LogP contribution < -0.4 is 5.32 Å². The summed E-state index contributed by atoms with van der Waals surface area (Å²) in [7, 11) is -3.22. The molecule has 0 atom stereocenters. The largest absolute Gasteiger partial charge is 0.383 e. The smallest absolute Gasteiger partial charge is 0.154 e. The van der Waals surface area contributed by atoms with Crippen LogP contribution >= 0.6 is 0 Å². The van der Waals surface area contributed by atoms with Crippen molar-refractivity contribution in [3.05, 3.63) is 35.8 Å². The standard InChI is InChI=1S/C17H23FN2O2S/c1-5-17(6-2,23(4,21)22)11-19-16-9-12(3)20-15-8-7-13(18)10-14(15)16/h7-10H,5-6,11H2,1-4H3,(H,19,20). The first-order chi connectivity index (χ1) is 10.7. The second kappa shape index (κ2) is 6.43. The number of halogens is 1. The molecule has 1 aromatic carbocycles. The molecule has 0 bridgehead atoms. The zero-order chi connectivity index (χ0) is 17.3. The maximum Gasteiger partial charge on any atom is 0.154 e. The van der Waals surface area contributed by atoms with Crippen molar-refractivity contribution in [2.45, 2.75) is 38.4 Å². The summed E-state index contributed by atoms with van der Waals surface area (Å²) in [5, 5.41) is 3.88. The molecule has 2 rings (SSSR count). The number of hydrogen-bond donors (Lipinski definition) is 1. The highest BCUT2D eigenvalue weighted by Gasteiger charge is 2.37. The van der Waals surface area contributed by atoms with Crippen LogP contribution in [0.15, 0.2) is 24.3 Å². The number of rotatable bonds is 6. The molecule has 0 fully saturated rings. The summed E-state index contributed by atoms with van der Waals surface area (Å²) in [4.78, 5) is 4.39. The van der Waals surface area contributed by atoms with E-state index in [4.69, 9.17) is 0 Å². The van der Waals surface area contributed by atoms with Crippen molar-refractivity contribution in [1.29, 1.82) is 0 Å². The van der Waals surface area contributed by atoms with Gasteiger partial charge in [-0.15, -0.1) is 0 Å². The number of hydrogen-bond acceptors (Lipinski definition) is 4. The molecule has 1 N–H and O–H groups in total. The summed E-state index contributed by atoms with van der Waals surface area (Å²) < 4.78 is 37.2. The van der Waals surface area contributed by atoms with Gasteiger partial charge < -0.3 is 5.32 Å². The molecule has 4 nitrogen and oxygen atoms in total. The van der Waals surface area contributed by atoms with E-state index in [1.165, 1.54) is 18.4 Å². The Morgan fingerprint density at radius 2 is 1.87 bits per heavy atom. The third kappa shape index (κ3) is 3.47. The van der Waals surface area contributed by atoms with Crippen molar-refractivity contribution in [3.63, 3.8) is 0 Å². The Morgan fingerprint density at radius 1 is 1.22 bits per heavy atom. The Labute approximate surface area is 137 Å². The second-order valence-corrected chi connectivity index (χ2v) is 8.40. The van der Waals surface area contributed by atoms with Gasteiger partial charge in [0.05, 0.1) is 10.3 Å². The van der Waals surface area contributed by atoms with Gasteiger partial charge in [0.15, 0.2) is 9.84 Å². The first-order valence-corrected chi connectivity index (χ1v) is 9.62. The lowest BCUT2D eigenvalue weighted by atomic mass is 10.0. The van der Waals surface area contributed by atoms with Crippen LogP contribution in [0.4, 0.5) is 10.1 Å². The average Bonchev–Trinajstić information content (AvgIpc) is 2.47. The van der Waals surface area contributed by atoms with Crippen molar-refractivity contribution < 1.29 is 12.8 Å². The fourth-order valence-electron chi connectivity index (χ4n) is 2.89. The van der Waals surface area contributed by atoms with E-state index >= 15 is 0 Å². The van der Waals surface area contributed by atoms with Crippen LogP contribution in [0.1, 0.15) is 32.4 Å². The lowest BCUT2D eigenvalue weighted by Gasteiger charge is -2.30. The van der Waals surface area contributed by atoms with E-state index in [9.17, 15) is 12.8 Å². The number of nitrogens with one attached hydrogen (secondary N) is 1. The zero-order valence-electron chi connectivity index (χ0n) is 14.0. The van der Waals surface area contributed by atoms with E-state index in [1.807, 2.05) is 26.8 Å². The summed E-state index contributed by atoms with van der Waals surface area (Å²) in [6, 6.07) is 6.24. The predicted octanol–water partition coefficient (Wildman–Crippen LogP) is 3.70. The highest BCUT2D eigenvalue weighted by molar-refractivity contribution is 7.92. The van der Waals surface area contributed by atoms with Crippen LogP contribution in [0, 0.1) is 12.7 Å². The van der Waals surface area contributed by atoms with Gasteiger partial charge in [0.1, 0.15) is 5.82 Å². The fraction of sp³-hybridized carbons (Fsp3) is 0.471. The Morgan fingerprint density at radius 3 is 2.43 bits per heavy atom. The first-order valence-electron chi connectivity index (χ1n) is 7.73. The summed E-state index contributed by atoms with van der Waals surface area (Å²) in [6.45, 7) is 5.90. The molecular formula is C17H23FN2O2S.